The van der Waals surface area contributed by atoms with Crippen molar-refractivity contribution >= 4 is 11.4 Å². The number of anilines is 2. The molecule has 0 aliphatic carbocycles. The van der Waals surface area contributed by atoms with Gasteiger partial charge in [0.1, 0.15) is 0 Å². The Morgan fingerprint density at radius 3 is 2.00 bits per heavy atom. The zero-order valence-corrected chi connectivity index (χ0v) is 8.56. The smallest absolute Gasteiger partial charge is 0.0606 e. The maximum absolute atomic E-state index is 8.87. The Bertz CT molecular complexity index is 271. The van der Waals surface area contributed by atoms with Gasteiger partial charge >= 0.3 is 0 Å². The summed E-state index contributed by atoms with van der Waals surface area (Å²) in [6, 6.07) is 7.47. The van der Waals surface area contributed by atoms with Gasteiger partial charge in [0.25, 0.3) is 0 Å². The van der Waals surface area contributed by atoms with E-state index in [0.29, 0.717) is 13.1 Å². The molecule has 0 bridgehead atoms. The summed E-state index contributed by atoms with van der Waals surface area (Å²) in [6.45, 7) is 1.15. The van der Waals surface area contributed by atoms with Crippen molar-refractivity contribution in [2.24, 2.45) is 5.84 Å². The first-order chi connectivity index (χ1) is 7.31. The first-order valence-corrected chi connectivity index (χ1v) is 4.85. The Hall–Kier alpha value is -1.30. The van der Waals surface area contributed by atoms with Crippen LogP contribution in [0.25, 0.3) is 0 Å². The van der Waals surface area contributed by atoms with Gasteiger partial charge in [-0.05, 0) is 24.3 Å². The highest BCUT2D eigenvalue weighted by molar-refractivity contribution is 5.54. The Labute approximate surface area is 89.1 Å². The fraction of sp³-hybridized carbons (Fsp3) is 0.400. The molecule has 0 heterocycles. The predicted molar refractivity (Wildman–Crippen MR) is 60.6 cm³/mol. The number of aliphatic hydroxyl groups excluding tert-OH is 2. The molecule has 0 aliphatic rings. The summed E-state index contributed by atoms with van der Waals surface area (Å²) in [7, 11) is 0. The van der Waals surface area contributed by atoms with E-state index in [1.165, 1.54) is 0 Å². The van der Waals surface area contributed by atoms with Crippen molar-refractivity contribution in [3.8, 4) is 0 Å². The van der Waals surface area contributed by atoms with Crippen LogP contribution in [0.4, 0.5) is 11.4 Å². The summed E-state index contributed by atoms with van der Waals surface area (Å²) in [4.78, 5) is 1.90. The lowest BCUT2D eigenvalue weighted by Crippen LogP contribution is -2.29. The molecule has 0 fully saturated rings. The van der Waals surface area contributed by atoms with Gasteiger partial charge in [0.2, 0.25) is 0 Å². The molecule has 0 saturated heterocycles. The monoisotopic (exact) mass is 211 g/mol. The SMILES string of the molecule is NNc1ccc(N(CCO)CCO)cc1. The normalized spacial score (nSPS) is 10.1. The summed E-state index contributed by atoms with van der Waals surface area (Å²) in [5, 5.41) is 17.7. The Kier molecular flexibility index (Phi) is 4.89. The van der Waals surface area contributed by atoms with Crippen molar-refractivity contribution in [2.45, 2.75) is 0 Å². The highest BCUT2D eigenvalue weighted by atomic mass is 16.3. The first kappa shape index (κ1) is 11.8. The van der Waals surface area contributed by atoms with Crippen LogP contribution in [0.2, 0.25) is 0 Å². The minimum Gasteiger partial charge on any atom is -0.395 e. The third kappa shape index (κ3) is 3.39. The molecule has 0 saturated carbocycles. The molecule has 15 heavy (non-hydrogen) atoms. The van der Waals surface area contributed by atoms with Crippen molar-refractivity contribution in [1.82, 2.24) is 0 Å². The zero-order valence-electron chi connectivity index (χ0n) is 8.56. The fourth-order valence-electron chi connectivity index (χ4n) is 1.38. The Balaban J connectivity index is 2.72. The minimum atomic E-state index is 0.0664. The third-order valence-corrected chi connectivity index (χ3v) is 2.14. The highest BCUT2D eigenvalue weighted by Gasteiger charge is 2.04. The molecule has 5 heteroatoms. The number of aliphatic hydroxyl groups is 2. The third-order valence-electron chi connectivity index (χ3n) is 2.14. The molecule has 1 aromatic carbocycles. The van der Waals surface area contributed by atoms with Gasteiger partial charge in [0, 0.05) is 24.5 Å². The van der Waals surface area contributed by atoms with Crippen LogP contribution in [-0.4, -0.2) is 36.5 Å². The molecule has 5 nitrogen and oxygen atoms in total. The predicted octanol–water partition coefficient (Wildman–Crippen LogP) is -0.237. The molecule has 0 unspecified atom stereocenters. The number of nitrogens with one attached hydrogen (secondary N) is 1. The zero-order chi connectivity index (χ0) is 11.1. The number of rotatable bonds is 6. The first-order valence-electron chi connectivity index (χ1n) is 4.85. The Morgan fingerprint density at radius 1 is 1.07 bits per heavy atom. The molecule has 0 aromatic heterocycles. The van der Waals surface area contributed by atoms with Crippen LogP contribution in [0.1, 0.15) is 0 Å². The van der Waals surface area contributed by atoms with E-state index in [4.69, 9.17) is 16.1 Å². The van der Waals surface area contributed by atoms with Crippen molar-refractivity contribution in [3.63, 3.8) is 0 Å². The Morgan fingerprint density at radius 2 is 1.60 bits per heavy atom. The van der Waals surface area contributed by atoms with Crippen molar-refractivity contribution in [3.05, 3.63) is 24.3 Å². The number of nitrogen functional groups attached to an aromatic ring is 1. The van der Waals surface area contributed by atoms with E-state index in [1.807, 2.05) is 29.2 Å². The van der Waals surface area contributed by atoms with Gasteiger partial charge < -0.3 is 20.5 Å². The van der Waals surface area contributed by atoms with E-state index in [1.54, 1.807) is 0 Å². The molecule has 0 amide bonds. The van der Waals surface area contributed by atoms with E-state index in [-0.39, 0.29) is 13.2 Å². The van der Waals surface area contributed by atoms with Crippen molar-refractivity contribution < 1.29 is 10.2 Å². The number of hydrogen-bond donors (Lipinski definition) is 4. The molecule has 5 N–H and O–H groups in total. The van der Waals surface area contributed by atoms with E-state index < -0.39 is 0 Å². The molecular weight excluding hydrogens is 194 g/mol. The van der Waals surface area contributed by atoms with Crippen molar-refractivity contribution in [2.75, 3.05) is 36.6 Å². The number of nitrogens with two attached hydrogens (primary N) is 1. The molecule has 84 valence electrons. The lowest BCUT2D eigenvalue weighted by molar-refractivity contribution is 0.281. The van der Waals surface area contributed by atoms with Gasteiger partial charge in [-0.25, -0.2) is 0 Å². The van der Waals surface area contributed by atoms with Crippen LogP contribution in [0.5, 0.6) is 0 Å². The van der Waals surface area contributed by atoms with Crippen LogP contribution in [0.15, 0.2) is 24.3 Å². The molecule has 0 spiro atoms. The summed E-state index contributed by atoms with van der Waals surface area (Å²) in [5.41, 5.74) is 4.32. The van der Waals surface area contributed by atoms with Gasteiger partial charge in [-0.1, -0.05) is 0 Å². The second-order valence-electron chi connectivity index (χ2n) is 3.13. The second kappa shape index (κ2) is 6.23. The second-order valence-corrected chi connectivity index (χ2v) is 3.13. The lowest BCUT2D eigenvalue weighted by atomic mass is 10.2. The quantitative estimate of drug-likeness (QED) is 0.386. The van der Waals surface area contributed by atoms with Crippen LogP contribution < -0.4 is 16.2 Å². The molecular formula is C10H17N3O2. The summed E-state index contributed by atoms with van der Waals surface area (Å²) in [6.07, 6.45) is 0. The van der Waals surface area contributed by atoms with Gasteiger partial charge in [0.05, 0.1) is 13.2 Å². The van der Waals surface area contributed by atoms with Crippen LogP contribution in [0, 0.1) is 0 Å². The minimum absolute atomic E-state index is 0.0664. The van der Waals surface area contributed by atoms with Crippen LogP contribution in [0.3, 0.4) is 0 Å². The van der Waals surface area contributed by atoms with E-state index in [0.717, 1.165) is 11.4 Å². The maximum atomic E-state index is 8.87. The van der Waals surface area contributed by atoms with Crippen LogP contribution in [-0.2, 0) is 0 Å². The number of hydrazine groups is 1. The average Bonchev–Trinajstić information content (AvgIpc) is 2.29. The summed E-state index contributed by atoms with van der Waals surface area (Å²) in [5.74, 6) is 5.25. The molecule has 1 rings (SSSR count). The van der Waals surface area contributed by atoms with Gasteiger partial charge in [0.15, 0.2) is 0 Å². The largest absolute Gasteiger partial charge is 0.395 e. The number of hydrogen-bond acceptors (Lipinski definition) is 5. The summed E-state index contributed by atoms with van der Waals surface area (Å²) >= 11 is 0. The van der Waals surface area contributed by atoms with E-state index in [2.05, 4.69) is 5.43 Å². The highest BCUT2D eigenvalue weighted by Crippen LogP contribution is 2.16. The van der Waals surface area contributed by atoms with Gasteiger partial charge in [-0.3, -0.25) is 5.84 Å². The maximum Gasteiger partial charge on any atom is 0.0606 e. The number of benzene rings is 1. The molecule has 1 aromatic rings. The van der Waals surface area contributed by atoms with Crippen LogP contribution >= 0.6 is 0 Å². The standard InChI is InChI=1S/C10H17N3O2/c11-12-9-1-3-10(4-2-9)13(5-7-14)6-8-15/h1-4,12,14-15H,5-8,11H2. The molecule has 0 atom stereocenters. The van der Waals surface area contributed by atoms with Gasteiger partial charge in [-0.2, -0.15) is 0 Å². The molecule has 0 aliphatic heterocycles. The van der Waals surface area contributed by atoms with E-state index in [9.17, 15) is 0 Å². The fourth-order valence-corrected chi connectivity index (χ4v) is 1.38. The average molecular weight is 211 g/mol. The molecule has 0 radical (unpaired) electrons. The topological polar surface area (TPSA) is 81.8 Å². The number of nitrogens with zero attached hydrogens (tertiary/aromatic N) is 1. The lowest BCUT2D eigenvalue weighted by Gasteiger charge is -2.23. The van der Waals surface area contributed by atoms with E-state index >= 15 is 0 Å². The summed E-state index contributed by atoms with van der Waals surface area (Å²) < 4.78 is 0. The van der Waals surface area contributed by atoms with Crippen molar-refractivity contribution in [1.29, 1.82) is 0 Å². The van der Waals surface area contributed by atoms with Gasteiger partial charge in [-0.15, -0.1) is 0 Å².